The van der Waals surface area contributed by atoms with Crippen molar-refractivity contribution in [2.24, 2.45) is 5.92 Å². The average molecular weight is 623 g/mol. The molecule has 1 heterocycles. The molecule has 0 fully saturated rings. The maximum Gasteiger partial charge on any atom is 0.323 e. The minimum absolute atomic E-state index is 0.114. The second-order valence-corrected chi connectivity index (χ2v) is 13.2. The summed E-state index contributed by atoms with van der Waals surface area (Å²) in [5.41, 5.74) is 0.909. The number of anilines is 2. The van der Waals surface area contributed by atoms with E-state index in [0.717, 1.165) is 19.1 Å². The van der Waals surface area contributed by atoms with Gasteiger partial charge in [-0.25, -0.2) is 21.9 Å². The molecule has 0 saturated carbocycles. The Kier molecular flexibility index (Phi) is 12.3. The zero-order valence-corrected chi connectivity index (χ0v) is 26.2. The van der Waals surface area contributed by atoms with Crippen LogP contribution in [0.4, 0.5) is 20.6 Å². The molecule has 2 aromatic rings. The fraction of sp³-hybridized carbons (Fsp3) is 0.533. The van der Waals surface area contributed by atoms with Gasteiger partial charge in [0.15, 0.2) is 0 Å². The molecule has 0 aliphatic carbocycles. The number of amides is 3. The number of sulfonamides is 1. The van der Waals surface area contributed by atoms with Crippen molar-refractivity contribution in [3.63, 3.8) is 0 Å². The molecular formula is C30H43FN4O7S. The Hall–Kier alpha value is -3.26. The zero-order chi connectivity index (χ0) is 31.7. The molecule has 13 heteroatoms. The summed E-state index contributed by atoms with van der Waals surface area (Å²) in [7, 11) is -1.96. The molecule has 0 bridgehead atoms. The third-order valence-corrected chi connectivity index (χ3v) is 8.70. The van der Waals surface area contributed by atoms with Crippen LogP contribution < -0.4 is 15.4 Å². The molecule has 1 aliphatic heterocycles. The number of hydrogen-bond acceptors (Lipinski definition) is 7. The van der Waals surface area contributed by atoms with Gasteiger partial charge in [-0.15, -0.1) is 0 Å². The van der Waals surface area contributed by atoms with Crippen molar-refractivity contribution in [3.8, 4) is 5.75 Å². The Morgan fingerprint density at radius 3 is 2.44 bits per heavy atom. The lowest BCUT2D eigenvalue weighted by Gasteiger charge is -2.35. The molecule has 11 nitrogen and oxygen atoms in total. The largest absolute Gasteiger partial charge is 0.490 e. The highest BCUT2D eigenvalue weighted by Gasteiger charge is 2.31. The Labute approximate surface area is 253 Å². The first-order valence-electron chi connectivity index (χ1n) is 14.4. The molecule has 0 spiro atoms. The van der Waals surface area contributed by atoms with E-state index in [4.69, 9.17) is 9.47 Å². The van der Waals surface area contributed by atoms with Crippen LogP contribution in [0.2, 0.25) is 0 Å². The average Bonchev–Trinajstić information content (AvgIpc) is 2.95. The van der Waals surface area contributed by atoms with Gasteiger partial charge in [0.05, 0.1) is 36.7 Å². The van der Waals surface area contributed by atoms with Gasteiger partial charge in [0.2, 0.25) is 10.0 Å². The minimum Gasteiger partial charge on any atom is -0.490 e. The Balaban J connectivity index is 1.94. The predicted molar refractivity (Wildman–Crippen MR) is 163 cm³/mol. The topological polar surface area (TPSA) is 138 Å². The van der Waals surface area contributed by atoms with E-state index in [1.54, 1.807) is 19.1 Å². The number of benzene rings is 2. The van der Waals surface area contributed by atoms with Crippen LogP contribution in [0.25, 0.3) is 0 Å². The van der Waals surface area contributed by atoms with E-state index in [9.17, 15) is 27.5 Å². The summed E-state index contributed by atoms with van der Waals surface area (Å²) in [6, 6.07) is 8.91. The number of aliphatic hydroxyl groups is 1. The SMILES string of the molecule is C[C@@H]1CCCCO[C@H](CN(C)S(C)(=O)=O)[C@H](C)CN([C@@H](C)CO)C(=O)c2cc(NC(=O)Nc3ccc(F)cc3)ccc2O1. The smallest absolute Gasteiger partial charge is 0.323 e. The highest BCUT2D eigenvalue weighted by atomic mass is 32.2. The fourth-order valence-corrected chi connectivity index (χ4v) is 5.10. The van der Waals surface area contributed by atoms with Crippen molar-refractivity contribution in [2.45, 2.75) is 58.3 Å². The molecule has 2 aromatic carbocycles. The fourth-order valence-electron chi connectivity index (χ4n) is 4.68. The number of carbonyl (C=O) groups is 2. The van der Waals surface area contributed by atoms with Crippen molar-refractivity contribution < 1.29 is 37.0 Å². The first-order valence-corrected chi connectivity index (χ1v) is 16.2. The number of halogens is 1. The van der Waals surface area contributed by atoms with Crippen molar-refractivity contribution >= 4 is 33.3 Å². The number of urea groups is 1. The number of nitrogens with one attached hydrogen (secondary N) is 2. The van der Waals surface area contributed by atoms with Gasteiger partial charge in [0.1, 0.15) is 11.6 Å². The summed E-state index contributed by atoms with van der Waals surface area (Å²) in [6.07, 6.45) is 2.63. The van der Waals surface area contributed by atoms with E-state index < -0.39 is 39.9 Å². The number of carbonyl (C=O) groups excluding carboxylic acids is 2. The standard InChI is InChI=1S/C30H43FN4O7S/c1-20-17-35(21(2)19-36)29(37)26-16-25(33-30(38)32-24-11-9-23(31)10-12-24)13-14-27(26)42-22(3)8-6-7-15-41-28(20)18-34(4)43(5,39)40/h9-14,16,20-22,28,36H,6-8,15,17-19H2,1-5H3,(H2,32,33,38)/t20-,21+,22-,28-/m1/s1. The summed E-state index contributed by atoms with van der Waals surface area (Å²) in [6.45, 7) is 5.90. The van der Waals surface area contributed by atoms with Gasteiger partial charge in [0, 0.05) is 44.0 Å². The van der Waals surface area contributed by atoms with Crippen LogP contribution >= 0.6 is 0 Å². The van der Waals surface area contributed by atoms with Crippen molar-refractivity contribution in [1.29, 1.82) is 0 Å². The highest BCUT2D eigenvalue weighted by molar-refractivity contribution is 7.88. The summed E-state index contributed by atoms with van der Waals surface area (Å²) in [4.78, 5) is 28.3. The molecule has 4 atom stereocenters. The number of aliphatic hydroxyl groups excluding tert-OH is 1. The molecule has 3 amide bonds. The molecule has 3 rings (SSSR count). The summed E-state index contributed by atoms with van der Waals surface area (Å²) in [5, 5.41) is 15.4. The van der Waals surface area contributed by atoms with Gasteiger partial charge in [-0.1, -0.05) is 6.92 Å². The van der Waals surface area contributed by atoms with Crippen LogP contribution in [0.1, 0.15) is 50.4 Å². The number of ether oxygens (including phenoxy) is 2. The highest BCUT2D eigenvalue weighted by Crippen LogP contribution is 2.28. The van der Waals surface area contributed by atoms with Gasteiger partial charge in [-0.05, 0) is 75.6 Å². The number of fused-ring (bicyclic) bond motifs is 1. The van der Waals surface area contributed by atoms with E-state index in [-0.39, 0.29) is 37.3 Å². The second-order valence-electron chi connectivity index (χ2n) is 11.1. The molecular weight excluding hydrogens is 579 g/mol. The molecule has 3 N–H and O–H groups in total. The second kappa shape index (κ2) is 15.5. The predicted octanol–water partition coefficient (Wildman–Crippen LogP) is 4.16. The van der Waals surface area contributed by atoms with Gasteiger partial charge < -0.3 is 30.1 Å². The zero-order valence-electron chi connectivity index (χ0n) is 25.4. The van der Waals surface area contributed by atoms with Gasteiger partial charge in [-0.3, -0.25) is 4.79 Å². The van der Waals surface area contributed by atoms with Crippen LogP contribution in [0.3, 0.4) is 0 Å². The minimum atomic E-state index is -3.46. The van der Waals surface area contributed by atoms with Gasteiger partial charge >= 0.3 is 6.03 Å². The van der Waals surface area contributed by atoms with E-state index >= 15 is 0 Å². The number of likely N-dealkylation sites (N-methyl/N-ethyl adjacent to an activating group) is 1. The Morgan fingerprint density at radius 2 is 1.79 bits per heavy atom. The van der Waals surface area contributed by atoms with Crippen molar-refractivity contribution in [3.05, 3.63) is 53.8 Å². The number of rotatable bonds is 7. The van der Waals surface area contributed by atoms with E-state index in [1.165, 1.54) is 46.6 Å². The van der Waals surface area contributed by atoms with Crippen LogP contribution in [-0.2, 0) is 14.8 Å². The maximum absolute atomic E-state index is 14.1. The lowest BCUT2D eigenvalue weighted by molar-refractivity contribution is -0.00828. The maximum atomic E-state index is 14.1. The van der Waals surface area contributed by atoms with Crippen molar-refractivity contribution in [1.82, 2.24) is 9.21 Å². The normalized spacial score (nSPS) is 21.3. The monoisotopic (exact) mass is 622 g/mol. The number of nitrogens with zero attached hydrogens (tertiary/aromatic N) is 2. The molecule has 0 unspecified atom stereocenters. The molecule has 0 saturated heterocycles. The lowest BCUT2D eigenvalue weighted by Crippen LogP contribution is -2.47. The molecule has 0 aromatic heterocycles. The van der Waals surface area contributed by atoms with Crippen LogP contribution in [-0.4, -0.2) is 92.5 Å². The summed E-state index contributed by atoms with van der Waals surface area (Å²) in [5.74, 6) is -0.811. The van der Waals surface area contributed by atoms with E-state index in [0.29, 0.717) is 30.2 Å². The van der Waals surface area contributed by atoms with Crippen LogP contribution in [0, 0.1) is 11.7 Å². The van der Waals surface area contributed by atoms with Crippen LogP contribution in [0.15, 0.2) is 42.5 Å². The summed E-state index contributed by atoms with van der Waals surface area (Å²) >= 11 is 0. The lowest BCUT2D eigenvalue weighted by atomic mass is 10.0. The molecule has 238 valence electrons. The third kappa shape index (κ3) is 10.2. The first-order chi connectivity index (χ1) is 20.3. The summed E-state index contributed by atoms with van der Waals surface area (Å²) < 4.78 is 51.1. The Bertz CT molecular complexity index is 1340. The Morgan fingerprint density at radius 1 is 1.14 bits per heavy atom. The number of hydrogen-bond donors (Lipinski definition) is 3. The van der Waals surface area contributed by atoms with Gasteiger partial charge in [-0.2, -0.15) is 0 Å². The molecule has 1 aliphatic rings. The van der Waals surface area contributed by atoms with Crippen LogP contribution in [0.5, 0.6) is 5.75 Å². The quantitative estimate of drug-likeness (QED) is 0.422. The third-order valence-electron chi connectivity index (χ3n) is 7.41. The van der Waals surface area contributed by atoms with E-state index in [2.05, 4.69) is 10.6 Å². The molecule has 0 radical (unpaired) electrons. The van der Waals surface area contributed by atoms with Crippen molar-refractivity contribution in [2.75, 3.05) is 50.2 Å². The van der Waals surface area contributed by atoms with Gasteiger partial charge in [0.25, 0.3) is 5.91 Å². The first kappa shape index (κ1) is 34.2. The molecule has 43 heavy (non-hydrogen) atoms. The van der Waals surface area contributed by atoms with E-state index in [1.807, 2.05) is 13.8 Å².